The van der Waals surface area contributed by atoms with Gasteiger partial charge in [0.25, 0.3) is 0 Å². The number of benzene rings is 1. The van der Waals surface area contributed by atoms with Gasteiger partial charge in [0.05, 0.1) is 11.7 Å². The first-order chi connectivity index (χ1) is 15.0. The minimum atomic E-state index is 0.0648. The Morgan fingerprint density at radius 2 is 1.77 bits per heavy atom. The molecule has 2 aromatic heterocycles. The fourth-order valence-electron chi connectivity index (χ4n) is 2.84. The Kier molecular flexibility index (Phi) is 7.45. The van der Waals surface area contributed by atoms with Crippen molar-refractivity contribution >= 4 is 17.6 Å². The summed E-state index contributed by atoms with van der Waals surface area (Å²) in [6.45, 7) is 0. The number of aliphatic hydroxyl groups is 1. The van der Waals surface area contributed by atoms with E-state index in [4.69, 9.17) is 10.8 Å². The lowest BCUT2D eigenvalue weighted by Crippen LogP contribution is -2.15. The second-order valence-electron chi connectivity index (χ2n) is 6.93. The number of nitrogens with zero attached hydrogens (tertiary/aromatic N) is 4. The number of phenolic OH excluding ortho intramolecular Hbond substituents is 1. The molecule has 0 atom stereocenters. The summed E-state index contributed by atoms with van der Waals surface area (Å²) in [7, 11) is 0. The maximum Gasteiger partial charge on any atom is 0.143 e. The van der Waals surface area contributed by atoms with Gasteiger partial charge >= 0.3 is 0 Å². The van der Waals surface area contributed by atoms with Gasteiger partial charge < -0.3 is 15.9 Å². The van der Waals surface area contributed by atoms with Crippen LogP contribution in [0.2, 0.25) is 0 Å². The topological polar surface area (TPSA) is 140 Å². The molecule has 8 heteroatoms. The molecule has 1 saturated carbocycles. The number of aliphatic hydroxyl groups excluding tert-OH is 1. The zero-order valence-corrected chi connectivity index (χ0v) is 17.5. The fraction of sp³-hybridized carbons (Fsp3) is 0.217. The summed E-state index contributed by atoms with van der Waals surface area (Å²) < 4.78 is 0. The predicted octanol–water partition coefficient (Wildman–Crippen LogP) is 4.00. The summed E-state index contributed by atoms with van der Waals surface area (Å²) in [6, 6.07) is 14.2. The molecule has 0 bridgehead atoms. The van der Waals surface area contributed by atoms with Crippen LogP contribution in [-0.2, 0) is 5.75 Å². The van der Waals surface area contributed by atoms with E-state index >= 15 is 0 Å². The first-order valence-corrected chi connectivity index (χ1v) is 10.6. The fourth-order valence-corrected chi connectivity index (χ4v) is 3.77. The molecule has 0 saturated heterocycles. The monoisotopic (exact) mass is 431 g/mol. The number of nitrogens with two attached hydrogens (primary N) is 1. The van der Waals surface area contributed by atoms with Crippen LogP contribution in [0, 0.1) is 22.7 Å². The standard InChI is InChI=1S/C19H13N5OS.C4H8O/c20-8-15-17(13-3-5-14(25)6-4-13)16(9-21)19(24-18(15)22)26-11-12-2-1-7-23-10-12;5-4-2-1-3-4/h1-7,10,25H,11H2,(H2,22,24);4-5H,1-3H2. The quantitative estimate of drug-likeness (QED) is 0.527. The molecule has 1 fully saturated rings. The van der Waals surface area contributed by atoms with Gasteiger partial charge in [-0.1, -0.05) is 18.2 Å². The number of nitriles is 2. The largest absolute Gasteiger partial charge is 0.508 e. The Labute approximate surface area is 184 Å². The van der Waals surface area contributed by atoms with E-state index < -0.39 is 0 Å². The van der Waals surface area contributed by atoms with Crippen LogP contribution in [0.4, 0.5) is 5.82 Å². The van der Waals surface area contributed by atoms with E-state index in [0.29, 0.717) is 21.9 Å². The molecule has 0 amide bonds. The number of phenols is 1. The Bertz CT molecular complexity index is 1120. The number of thioether (sulfide) groups is 1. The summed E-state index contributed by atoms with van der Waals surface area (Å²) in [5.41, 5.74) is 8.44. The molecule has 31 heavy (non-hydrogen) atoms. The molecule has 1 aromatic carbocycles. The van der Waals surface area contributed by atoms with E-state index in [0.717, 1.165) is 18.4 Å². The Morgan fingerprint density at radius 1 is 1.10 bits per heavy atom. The van der Waals surface area contributed by atoms with Gasteiger partial charge in [0.15, 0.2) is 0 Å². The molecule has 0 radical (unpaired) electrons. The molecule has 1 aliphatic carbocycles. The molecule has 0 spiro atoms. The van der Waals surface area contributed by atoms with Gasteiger partial charge in [0.2, 0.25) is 0 Å². The molecular formula is C23H21N5O2S. The van der Waals surface area contributed by atoms with Crippen LogP contribution in [-0.4, -0.2) is 26.3 Å². The van der Waals surface area contributed by atoms with Crippen molar-refractivity contribution in [3.05, 3.63) is 65.5 Å². The van der Waals surface area contributed by atoms with Crippen LogP contribution in [0.5, 0.6) is 5.75 Å². The lowest BCUT2D eigenvalue weighted by Gasteiger charge is -2.17. The zero-order valence-electron chi connectivity index (χ0n) is 16.7. The van der Waals surface area contributed by atoms with Crippen molar-refractivity contribution in [1.29, 1.82) is 10.5 Å². The smallest absolute Gasteiger partial charge is 0.143 e. The van der Waals surface area contributed by atoms with Crippen molar-refractivity contribution in [2.24, 2.45) is 0 Å². The first kappa shape index (κ1) is 22.1. The molecule has 0 aliphatic heterocycles. The number of aromatic hydroxyl groups is 1. The van der Waals surface area contributed by atoms with Crippen LogP contribution in [0.15, 0.2) is 53.8 Å². The number of pyridine rings is 2. The highest BCUT2D eigenvalue weighted by Crippen LogP contribution is 2.36. The van der Waals surface area contributed by atoms with Gasteiger partial charge in [-0.15, -0.1) is 11.8 Å². The average molecular weight is 432 g/mol. The van der Waals surface area contributed by atoms with Crippen molar-refractivity contribution in [1.82, 2.24) is 9.97 Å². The summed E-state index contributed by atoms with van der Waals surface area (Å²) in [6.07, 6.45) is 6.82. The molecule has 0 unspecified atom stereocenters. The SMILES string of the molecule is N#Cc1c(N)nc(SCc2cccnc2)c(C#N)c1-c1ccc(O)cc1.OC1CCC1. The van der Waals surface area contributed by atoms with Crippen LogP contribution in [0.1, 0.15) is 36.0 Å². The predicted molar refractivity (Wildman–Crippen MR) is 119 cm³/mol. The summed E-state index contributed by atoms with van der Waals surface area (Å²) in [5, 5.41) is 37.6. The van der Waals surface area contributed by atoms with Crippen LogP contribution in [0.3, 0.4) is 0 Å². The molecule has 1 aliphatic rings. The van der Waals surface area contributed by atoms with Crippen molar-refractivity contribution in [3.63, 3.8) is 0 Å². The number of nitrogen functional groups attached to an aromatic ring is 1. The molecule has 2 heterocycles. The second kappa shape index (κ2) is 10.4. The Morgan fingerprint density at radius 3 is 2.29 bits per heavy atom. The van der Waals surface area contributed by atoms with E-state index in [1.165, 1.54) is 30.3 Å². The van der Waals surface area contributed by atoms with Crippen LogP contribution < -0.4 is 5.73 Å². The highest BCUT2D eigenvalue weighted by atomic mass is 32.2. The molecule has 156 valence electrons. The highest BCUT2D eigenvalue weighted by molar-refractivity contribution is 7.98. The normalized spacial score (nSPS) is 12.6. The first-order valence-electron chi connectivity index (χ1n) is 9.66. The third kappa shape index (κ3) is 5.52. The highest BCUT2D eigenvalue weighted by Gasteiger charge is 2.20. The minimum absolute atomic E-state index is 0.0648. The number of hydrogen-bond acceptors (Lipinski definition) is 8. The van der Waals surface area contributed by atoms with Gasteiger partial charge in [-0.3, -0.25) is 4.98 Å². The van der Waals surface area contributed by atoms with Crippen molar-refractivity contribution in [3.8, 4) is 29.0 Å². The van der Waals surface area contributed by atoms with Gasteiger partial charge in [-0.05, 0) is 48.6 Å². The third-order valence-electron chi connectivity index (χ3n) is 4.74. The zero-order chi connectivity index (χ0) is 22.2. The second-order valence-corrected chi connectivity index (χ2v) is 7.90. The van der Waals surface area contributed by atoms with Crippen molar-refractivity contribution in [2.45, 2.75) is 36.1 Å². The maximum atomic E-state index is 9.71. The third-order valence-corrected chi connectivity index (χ3v) is 5.79. The molecule has 3 aromatic rings. The minimum Gasteiger partial charge on any atom is -0.508 e. The van der Waals surface area contributed by atoms with E-state index in [2.05, 4.69) is 16.0 Å². The van der Waals surface area contributed by atoms with E-state index in [1.807, 2.05) is 18.2 Å². The van der Waals surface area contributed by atoms with Crippen molar-refractivity contribution in [2.75, 3.05) is 5.73 Å². The lowest BCUT2D eigenvalue weighted by atomic mass is 9.97. The summed E-state index contributed by atoms with van der Waals surface area (Å²) in [4.78, 5) is 8.33. The number of aromatic nitrogens is 2. The molecular weight excluding hydrogens is 410 g/mol. The summed E-state index contributed by atoms with van der Waals surface area (Å²) in [5.74, 6) is 0.734. The maximum absolute atomic E-state index is 9.71. The number of rotatable bonds is 4. The Hall–Kier alpha value is -3.59. The molecule has 7 nitrogen and oxygen atoms in total. The average Bonchev–Trinajstić information content (AvgIpc) is 2.77. The number of anilines is 1. The van der Waals surface area contributed by atoms with E-state index in [1.54, 1.807) is 24.5 Å². The van der Waals surface area contributed by atoms with Crippen LogP contribution >= 0.6 is 11.8 Å². The molecule has 4 N–H and O–H groups in total. The lowest BCUT2D eigenvalue weighted by molar-refractivity contribution is 0.0950. The summed E-state index contributed by atoms with van der Waals surface area (Å²) >= 11 is 1.36. The van der Waals surface area contributed by atoms with Crippen LogP contribution in [0.25, 0.3) is 11.1 Å². The van der Waals surface area contributed by atoms with E-state index in [-0.39, 0.29) is 28.8 Å². The Balaban J connectivity index is 0.000000478. The van der Waals surface area contributed by atoms with Gasteiger partial charge in [-0.2, -0.15) is 10.5 Å². The van der Waals surface area contributed by atoms with E-state index in [9.17, 15) is 15.6 Å². The van der Waals surface area contributed by atoms with Gasteiger partial charge in [0.1, 0.15) is 34.3 Å². The number of hydrogen-bond donors (Lipinski definition) is 3. The molecule has 4 rings (SSSR count). The van der Waals surface area contributed by atoms with Gasteiger partial charge in [0, 0.05) is 23.7 Å². The van der Waals surface area contributed by atoms with Gasteiger partial charge in [-0.25, -0.2) is 4.98 Å². The van der Waals surface area contributed by atoms with Crippen molar-refractivity contribution < 1.29 is 10.2 Å².